The van der Waals surface area contributed by atoms with E-state index in [-0.39, 0.29) is 41.7 Å². The van der Waals surface area contributed by atoms with Crippen molar-refractivity contribution >= 4 is 63.0 Å². The van der Waals surface area contributed by atoms with Gasteiger partial charge in [0.05, 0.1) is 16.7 Å². The highest BCUT2D eigenvalue weighted by atomic mass is 127. The summed E-state index contributed by atoms with van der Waals surface area (Å²) in [5.41, 5.74) is 6.72. The Morgan fingerprint density at radius 2 is 1.85 bits per heavy atom. The molecule has 2 aromatic rings. The number of sulfone groups is 1. The van der Waals surface area contributed by atoms with Crippen LogP contribution in [0.4, 0.5) is 0 Å². The van der Waals surface area contributed by atoms with Gasteiger partial charge in [0.1, 0.15) is 0 Å². The molecule has 3 N–H and O–H groups in total. The van der Waals surface area contributed by atoms with Gasteiger partial charge >= 0.3 is 0 Å². The summed E-state index contributed by atoms with van der Waals surface area (Å²) in [5, 5.41) is 4.14. The highest BCUT2D eigenvalue weighted by Crippen LogP contribution is 2.25. The third-order valence-electron chi connectivity index (χ3n) is 3.75. The van der Waals surface area contributed by atoms with Gasteiger partial charge in [-0.2, -0.15) is 0 Å². The summed E-state index contributed by atoms with van der Waals surface area (Å²) in [7, 11) is -3.29. The Hall–Kier alpha value is -1.03. The minimum Gasteiger partial charge on any atom is -0.370 e. The second-order valence-corrected chi connectivity index (χ2v) is 8.74. The van der Waals surface area contributed by atoms with Gasteiger partial charge in [0.15, 0.2) is 15.8 Å². The van der Waals surface area contributed by atoms with Crippen molar-refractivity contribution in [2.45, 2.75) is 24.3 Å². The standard InChI is InChI=1S/C18H21Cl2N3O2S.HI/c1-13(16-9-8-14(19)12-17(16)20)23-18(21)22-10-5-11-26(24,25)15-6-3-2-4-7-15;/h2-4,6-9,12-13H,5,10-11H2,1H3,(H3,21,22,23);1H. The molecular weight excluding hydrogens is 520 g/mol. The van der Waals surface area contributed by atoms with Gasteiger partial charge in [-0.05, 0) is 43.2 Å². The monoisotopic (exact) mass is 541 g/mol. The van der Waals surface area contributed by atoms with Crippen LogP contribution in [0.2, 0.25) is 10.0 Å². The van der Waals surface area contributed by atoms with Gasteiger partial charge in [0, 0.05) is 16.6 Å². The van der Waals surface area contributed by atoms with Crippen LogP contribution in [-0.4, -0.2) is 26.7 Å². The van der Waals surface area contributed by atoms with E-state index in [0.29, 0.717) is 27.9 Å². The average molecular weight is 542 g/mol. The van der Waals surface area contributed by atoms with Crippen LogP contribution in [0.3, 0.4) is 0 Å². The highest BCUT2D eigenvalue weighted by Gasteiger charge is 2.13. The molecule has 0 saturated carbocycles. The first-order chi connectivity index (χ1) is 12.3. The van der Waals surface area contributed by atoms with E-state index < -0.39 is 9.84 Å². The van der Waals surface area contributed by atoms with Crippen LogP contribution in [0.1, 0.15) is 24.9 Å². The van der Waals surface area contributed by atoms with Crippen LogP contribution in [0.25, 0.3) is 0 Å². The molecule has 2 aromatic carbocycles. The zero-order chi connectivity index (χ0) is 19.2. The largest absolute Gasteiger partial charge is 0.370 e. The molecule has 0 radical (unpaired) electrons. The zero-order valence-electron chi connectivity index (χ0n) is 14.7. The fraction of sp³-hybridized carbons (Fsp3) is 0.278. The number of nitrogens with zero attached hydrogens (tertiary/aromatic N) is 1. The summed E-state index contributed by atoms with van der Waals surface area (Å²) in [6.45, 7) is 2.21. The Kier molecular flexibility index (Phi) is 9.86. The Morgan fingerprint density at radius 1 is 1.19 bits per heavy atom. The number of rotatable bonds is 7. The molecule has 2 rings (SSSR count). The summed E-state index contributed by atoms with van der Waals surface area (Å²) in [6, 6.07) is 13.5. The molecule has 0 aliphatic carbocycles. The molecule has 0 aliphatic rings. The van der Waals surface area contributed by atoms with E-state index in [1.165, 1.54) is 0 Å². The number of aliphatic imine (C=N–C) groups is 1. The number of hydrogen-bond donors (Lipinski definition) is 2. The summed E-state index contributed by atoms with van der Waals surface area (Å²) in [6.07, 6.45) is 0.385. The molecule has 9 heteroatoms. The van der Waals surface area contributed by atoms with Crippen LogP contribution in [-0.2, 0) is 9.84 Å². The van der Waals surface area contributed by atoms with Crippen LogP contribution >= 0.6 is 47.2 Å². The predicted molar refractivity (Wildman–Crippen MR) is 123 cm³/mol. The molecule has 0 aromatic heterocycles. The summed E-state index contributed by atoms with van der Waals surface area (Å²) < 4.78 is 24.4. The number of benzene rings is 2. The molecule has 0 spiro atoms. The fourth-order valence-electron chi connectivity index (χ4n) is 2.40. The second-order valence-electron chi connectivity index (χ2n) is 5.78. The third kappa shape index (κ3) is 7.48. The van der Waals surface area contributed by atoms with E-state index >= 15 is 0 Å². The molecule has 0 aliphatic heterocycles. The maximum absolute atomic E-state index is 12.2. The lowest BCUT2D eigenvalue weighted by Gasteiger charge is -2.16. The Labute approximate surface area is 187 Å². The van der Waals surface area contributed by atoms with Crippen molar-refractivity contribution in [2.24, 2.45) is 10.7 Å². The molecule has 5 nitrogen and oxygen atoms in total. The lowest BCUT2D eigenvalue weighted by Crippen LogP contribution is -2.34. The van der Waals surface area contributed by atoms with Gasteiger partial charge in [-0.25, -0.2) is 8.42 Å². The molecule has 0 fully saturated rings. The van der Waals surface area contributed by atoms with Crippen LogP contribution in [0, 0.1) is 0 Å². The van der Waals surface area contributed by atoms with Gasteiger partial charge < -0.3 is 11.1 Å². The Bertz CT molecular complexity index is 877. The normalized spacial score (nSPS) is 12.9. The minimum atomic E-state index is -3.29. The smallest absolute Gasteiger partial charge is 0.189 e. The van der Waals surface area contributed by atoms with Crippen molar-refractivity contribution in [3.05, 3.63) is 64.1 Å². The molecule has 0 heterocycles. The van der Waals surface area contributed by atoms with Crippen LogP contribution in [0.5, 0.6) is 0 Å². The van der Waals surface area contributed by atoms with Crippen molar-refractivity contribution in [2.75, 3.05) is 12.3 Å². The first-order valence-corrected chi connectivity index (χ1v) is 10.5. The van der Waals surface area contributed by atoms with Gasteiger partial charge in [-0.3, -0.25) is 4.99 Å². The average Bonchev–Trinajstić information content (AvgIpc) is 2.59. The molecule has 148 valence electrons. The van der Waals surface area contributed by atoms with Crippen molar-refractivity contribution in [3.8, 4) is 0 Å². The number of guanidine groups is 1. The maximum Gasteiger partial charge on any atom is 0.189 e. The number of nitrogens with two attached hydrogens (primary N) is 1. The molecule has 27 heavy (non-hydrogen) atoms. The predicted octanol–water partition coefficient (Wildman–Crippen LogP) is 4.44. The minimum absolute atomic E-state index is 0. The topological polar surface area (TPSA) is 84.5 Å². The molecule has 1 atom stereocenters. The van der Waals surface area contributed by atoms with E-state index in [9.17, 15) is 8.42 Å². The van der Waals surface area contributed by atoms with E-state index in [2.05, 4.69) is 10.3 Å². The second kappa shape index (κ2) is 11.1. The summed E-state index contributed by atoms with van der Waals surface area (Å²) in [5.74, 6) is 0.257. The Balaban J connectivity index is 0.00000364. The number of nitrogens with one attached hydrogen (secondary N) is 1. The molecule has 0 bridgehead atoms. The first-order valence-electron chi connectivity index (χ1n) is 8.09. The summed E-state index contributed by atoms with van der Waals surface area (Å²) in [4.78, 5) is 4.50. The number of halogens is 3. The molecule has 0 amide bonds. The van der Waals surface area contributed by atoms with Gasteiger partial charge in [-0.1, -0.05) is 47.5 Å². The van der Waals surface area contributed by atoms with Crippen molar-refractivity contribution in [1.29, 1.82) is 0 Å². The van der Waals surface area contributed by atoms with Gasteiger partial charge in [0.2, 0.25) is 0 Å². The van der Waals surface area contributed by atoms with Crippen LogP contribution < -0.4 is 11.1 Å². The third-order valence-corrected chi connectivity index (χ3v) is 6.13. The molecule has 1 unspecified atom stereocenters. The van der Waals surface area contributed by atoms with E-state index in [0.717, 1.165) is 5.56 Å². The fourth-order valence-corrected chi connectivity index (χ4v) is 4.29. The van der Waals surface area contributed by atoms with Crippen molar-refractivity contribution < 1.29 is 8.42 Å². The summed E-state index contributed by atoms with van der Waals surface area (Å²) >= 11 is 12.1. The van der Waals surface area contributed by atoms with E-state index in [1.807, 2.05) is 13.0 Å². The van der Waals surface area contributed by atoms with Gasteiger partial charge in [-0.15, -0.1) is 24.0 Å². The number of hydrogen-bond acceptors (Lipinski definition) is 3. The molecular formula is C18H22Cl2IN3O2S. The van der Waals surface area contributed by atoms with Gasteiger partial charge in [0.25, 0.3) is 0 Å². The SMILES string of the molecule is CC(NC(N)=NCCCS(=O)(=O)c1ccccc1)c1ccc(Cl)cc1Cl.I. The molecule has 0 saturated heterocycles. The maximum atomic E-state index is 12.2. The quantitative estimate of drug-likeness (QED) is 0.235. The highest BCUT2D eigenvalue weighted by molar-refractivity contribution is 14.0. The zero-order valence-corrected chi connectivity index (χ0v) is 19.4. The van der Waals surface area contributed by atoms with E-state index in [4.69, 9.17) is 28.9 Å². The van der Waals surface area contributed by atoms with Crippen molar-refractivity contribution in [3.63, 3.8) is 0 Å². The van der Waals surface area contributed by atoms with Crippen molar-refractivity contribution in [1.82, 2.24) is 5.32 Å². The van der Waals surface area contributed by atoms with E-state index in [1.54, 1.807) is 42.5 Å². The lowest BCUT2D eigenvalue weighted by molar-refractivity contribution is 0.593. The first kappa shape index (κ1) is 24.0. The Morgan fingerprint density at radius 3 is 2.48 bits per heavy atom. The lowest BCUT2D eigenvalue weighted by atomic mass is 10.1. The van der Waals surface area contributed by atoms with Crippen LogP contribution in [0.15, 0.2) is 58.4 Å².